The van der Waals surface area contributed by atoms with Gasteiger partial charge in [-0.3, -0.25) is 9.59 Å². The van der Waals surface area contributed by atoms with E-state index < -0.39 is 0 Å². The minimum atomic E-state index is -0.0448. The number of carbonyl (C=O) groups is 2. The van der Waals surface area contributed by atoms with Crippen LogP contribution < -0.4 is 0 Å². The second-order valence-electron chi connectivity index (χ2n) is 15.8. The van der Waals surface area contributed by atoms with Crippen LogP contribution in [0, 0.1) is 5.92 Å². The lowest BCUT2D eigenvalue weighted by Crippen LogP contribution is -2.29. The summed E-state index contributed by atoms with van der Waals surface area (Å²) >= 11 is 0. The number of nitrogens with zero attached hydrogens (tertiary/aromatic N) is 2. The van der Waals surface area contributed by atoms with Crippen LogP contribution in [0.25, 0.3) is 0 Å². The molecule has 1 saturated heterocycles. The van der Waals surface area contributed by atoms with Crippen LogP contribution in [0.1, 0.15) is 206 Å². The molecule has 0 aromatic carbocycles. The van der Waals surface area contributed by atoms with Gasteiger partial charge in [-0.25, -0.2) is 0 Å². The normalized spacial score (nSPS) is 15.0. The summed E-state index contributed by atoms with van der Waals surface area (Å²) in [6.45, 7) is 11.7. The summed E-state index contributed by atoms with van der Waals surface area (Å²) in [7, 11) is 2.26. The molecule has 0 aromatic heterocycles. The Bertz CT molecular complexity index is 803. The molecule has 1 fully saturated rings. The number of unbranched alkanes of at least 4 members (excludes halogenated alkanes) is 19. The maximum atomic E-state index is 12.1. The molecule has 0 aromatic rings. The van der Waals surface area contributed by atoms with Crippen molar-refractivity contribution in [2.75, 3.05) is 53.0 Å². The van der Waals surface area contributed by atoms with Gasteiger partial charge in [-0.05, 0) is 77.5 Å². The molecule has 1 atom stereocenters. The Morgan fingerprint density at radius 1 is 0.549 bits per heavy atom. The zero-order valence-electron chi connectivity index (χ0n) is 34.4. The maximum absolute atomic E-state index is 12.1. The fourth-order valence-corrected chi connectivity index (χ4v) is 7.40. The van der Waals surface area contributed by atoms with Gasteiger partial charge in [0.25, 0.3) is 0 Å². The molecule has 0 amide bonds. The average molecular weight is 719 g/mol. The molecule has 1 heterocycles. The van der Waals surface area contributed by atoms with E-state index in [1.54, 1.807) is 0 Å². The largest absolute Gasteiger partial charge is 0.466 e. The Morgan fingerprint density at radius 3 is 1.73 bits per heavy atom. The summed E-state index contributed by atoms with van der Waals surface area (Å²) in [5.74, 6) is 0.803. The molecule has 0 bridgehead atoms. The highest BCUT2D eigenvalue weighted by atomic mass is 16.5. The van der Waals surface area contributed by atoms with Crippen LogP contribution in [0.3, 0.4) is 0 Å². The van der Waals surface area contributed by atoms with Crippen LogP contribution in [-0.4, -0.2) is 74.7 Å². The highest BCUT2D eigenvalue weighted by molar-refractivity contribution is 5.69. The van der Waals surface area contributed by atoms with Crippen molar-refractivity contribution in [1.29, 1.82) is 0 Å². The minimum Gasteiger partial charge on any atom is -0.466 e. The van der Waals surface area contributed by atoms with Gasteiger partial charge >= 0.3 is 11.9 Å². The molecule has 300 valence electrons. The van der Waals surface area contributed by atoms with E-state index in [0.29, 0.717) is 26.1 Å². The van der Waals surface area contributed by atoms with Gasteiger partial charge in [0.2, 0.25) is 0 Å². The molecule has 1 aliphatic heterocycles. The highest BCUT2D eigenvalue weighted by Gasteiger charge is 2.13. The molecule has 1 rings (SSSR count). The fourth-order valence-electron chi connectivity index (χ4n) is 7.40. The van der Waals surface area contributed by atoms with Gasteiger partial charge in [0.1, 0.15) is 6.61 Å². The quantitative estimate of drug-likeness (QED) is 0.0365. The molecular formula is C45H86N2O4. The maximum Gasteiger partial charge on any atom is 0.306 e. The lowest BCUT2D eigenvalue weighted by atomic mass is 9.90. The Morgan fingerprint density at radius 2 is 1.08 bits per heavy atom. The number of rotatable bonds is 36. The fraction of sp³-hybridized carbons (Fsp3) is 0.911. The van der Waals surface area contributed by atoms with Gasteiger partial charge in [0.05, 0.1) is 6.61 Å². The summed E-state index contributed by atoms with van der Waals surface area (Å²) < 4.78 is 10.9. The number of hydrogen-bond acceptors (Lipinski definition) is 6. The summed E-state index contributed by atoms with van der Waals surface area (Å²) in [5, 5.41) is 0. The summed E-state index contributed by atoms with van der Waals surface area (Å²) in [4.78, 5) is 29.3. The number of ether oxygens (including phenoxy) is 2. The van der Waals surface area contributed by atoms with Crippen molar-refractivity contribution >= 4 is 11.9 Å². The topological polar surface area (TPSA) is 59.1 Å². The van der Waals surface area contributed by atoms with E-state index in [4.69, 9.17) is 9.47 Å². The van der Waals surface area contributed by atoms with Gasteiger partial charge in [-0.2, -0.15) is 0 Å². The molecule has 0 N–H and O–H groups in total. The Labute approximate surface area is 317 Å². The van der Waals surface area contributed by atoms with E-state index >= 15 is 0 Å². The smallest absolute Gasteiger partial charge is 0.306 e. The second kappa shape index (κ2) is 36.9. The van der Waals surface area contributed by atoms with Gasteiger partial charge in [-0.1, -0.05) is 161 Å². The molecular weight excluding hydrogens is 633 g/mol. The van der Waals surface area contributed by atoms with Crippen molar-refractivity contribution in [2.45, 2.75) is 206 Å². The van der Waals surface area contributed by atoms with E-state index in [-0.39, 0.29) is 11.9 Å². The molecule has 1 aliphatic rings. The van der Waals surface area contributed by atoms with Gasteiger partial charge in [0, 0.05) is 25.9 Å². The Kier molecular flexibility index (Phi) is 34.5. The van der Waals surface area contributed by atoms with Gasteiger partial charge in [0.15, 0.2) is 0 Å². The second-order valence-corrected chi connectivity index (χ2v) is 15.8. The van der Waals surface area contributed by atoms with Crippen molar-refractivity contribution in [2.24, 2.45) is 5.92 Å². The van der Waals surface area contributed by atoms with Crippen LogP contribution in [-0.2, 0) is 19.1 Å². The molecule has 0 saturated carbocycles. The highest BCUT2D eigenvalue weighted by Crippen LogP contribution is 2.24. The first kappa shape index (κ1) is 47.6. The van der Waals surface area contributed by atoms with E-state index in [0.717, 1.165) is 44.4 Å². The van der Waals surface area contributed by atoms with Crippen molar-refractivity contribution in [1.82, 2.24) is 9.80 Å². The third kappa shape index (κ3) is 32.9. The van der Waals surface area contributed by atoms with Crippen LogP contribution in [0.5, 0.6) is 0 Å². The van der Waals surface area contributed by atoms with Crippen molar-refractivity contribution < 1.29 is 19.1 Å². The van der Waals surface area contributed by atoms with Crippen molar-refractivity contribution in [3.63, 3.8) is 0 Å². The van der Waals surface area contributed by atoms with Crippen LogP contribution in [0.15, 0.2) is 12.2 Å². The molecule has 0 radical (unpaired) electrons. The SMILES string of the molecule is CCCCCC/C=C/COC(=O)CCCCCCCC(CCCCCCCC(=O)OCCCCCCCCC)CCCCN1CCCN(C)CC1. The molecule has 51 heavy (non-hydrogen) atoms. The Balaban J connectivity index is 2.18. The Hall–Kier alpha value is -1.40. The average Bonchev–Trinajstić information content (AvgIpc) is 3.34. The van der Waals surface area contributed by atoms with Crippen LogP contribution >= 0.6 is 0 Å². The first-order valence-corrected chi connectivity index (χ1v) is 22.4. The lowest BCUT2D eigenvalue weighted by molar-refractivity contribution is -0.144. The standard InChI is InChI=1S/C45H86N2O4/c1-4-6-8-10-12-20-28-41-50-44(48)34-24-18-14-16-22-31-43(33-26-27-37-47-38-30-36-46(3)39-40-47)32-23-17-15-19-25-35-45(49)51-42-29-21-13-11-9-7-5-2/h20,28,43H,4-19,21-27,29-42H2,1-3H3/b28-20+. The summed E-state index contributed by atoms with van der Waals surface area (Å²) in [6, 6.07) is 0. The molecule has 0 aliphatic carbocycles. The summed E-state index contributed by atoms with van der Waals surface area (Å²) in [5.41, 5.74) is 0. The number of carbonyl (C=O) groups excluding carboxylic acids is 2. The van der Waals surface area contributed by atoms with Gasteiger partial charge in [-0.15, -0.1) is 0 Å². The molecule has 6 heteroatoms. The molecule has 1 unspecified atom stereocenters. The van der Waals surface area contributed by atoms with Crippen molar-refractivity contribution in [3.05, 3.63) is 12.2 Å². The predicted octanol–water partition coefficient (Wildman–Crippen LogP) is 12.2. The first-order chi connectivity index (χ1) is 25.0. The molecule has 0 spiro atoms. The van der Waals surface area contributed by atoms with Crippen LogP contribution in [0.2, 0.25) is 0 Å². The van der Waals surface area contributed by atoms with Crippen molar-refractivity contribution in [3.8, 4) is 0 Å². The van der Waals surface area contributed by atoms with Gasteiger partial charge < -0.3 is 19.3 Å². The molecule has 6 nitrogen and oxygen atoms in total. The number of likely N-dealkylation sites (N-methyl/N-ethyl adjacent to an activating group) is 1. The van der Waals surface area contributed by atoms with E-state index in [2.05, 4.69) is 36.8 Å². The summed E-state index contributed by atoms with van der Waals surface area (Å²) in [6.07, 6.45) is 40.2. The first-order valence-electron chi connectivity index (χ1n) is 22.4. The number of allylic oxidation sites excluding steroid dienone is 1. The predicted molar refractivity (Wildman–Crippen MR) is 218 cm³/mol. The number of esters is 2. The lowest BCUT2D eigenvalue weighted by Gasteiger charge is -2.21. The third-order valence-electron chi connectivity index (χ3n) is 10.9. The van der Waals surface area contributed by atoms with Crippen LogP contribution in [0.4, 0.5) is 0 Å². The third-order valence-corrected chi connectivity index (χ3v) is 10.9. The zero-order chi connectivity index (χ0) is 36.9. The van der Waals surface area contributed by atoms with E-state index in [1.165, 1.54) is 174 Å². The monoisotopic (exact) mass is 719 g/mol. The zero-order valence-corrected chi connectivity index (χ0v) is 34.4. The van der Waals surface area contributed by atoms with E-state index in [9.17, 15) is 9.59 Å². The minimum absolute atomic E-state index is 0.00408. The van der Waals surface area contributed by atoms with E-state index in [1.807, 2.05) is 6.08 Å². The number of hydrogen-bond donors (Lipinski definition) is 0.